The molecule has 1 amide bonds. The van der Waals surface area contributed by atoms with Gasteiger partial charge >= 0.3 is 0 Å². The first-order valence-corrected chi connectivity index (χ1v) is 6.41. The molecule has 0 spiro atoms. The summed E-state index contributed by atoms with van der Waals surface area (Å²) in [7, 11) is 0. The Morgan fingerprint density at radius 3 is 2.78 bits per heavy atom. The smallest absolute Gasteiger partial charge is 0.257 e. The molecule has 6 heteroatoms. The van der Waals surface area contributed by atoms with Crippen molar-refractivity contribution in [3.8, 4) is 0 Å². The highest BCUT2D eigenvalue weighted by Gasteiger charge is 2.23. The van der Waals surface area contributed by atoms with Gasteiger partial charge in [-0.25, -0.2) is 0 Å². The Morgan fingerprint density at radius 1 is 1.50 bits per heavy atom. The fraction of sp³-hybridized carbons (Fsp3) is 0.667. The molecule has 1 aromatic rings. The van der Waals surface area contributed by atoms with Crippen LogP contribution in [-0.4, -0.2) is 65.2 Å². The monoisotopic (exact) mass is 251 g/mol. The van der Waals surface area contributed by atoms with Gasteiger partial charge in [-0.15, -0.1) is 0 Å². The van der Waals surface area contributed by atoms with Crippen molar-refractivity contribution in [3.63, 3.8) is 0 Å². The lowest BCUT2D eigenvalue weighted by molar-refractivity contribution is 0.0622. The Kier molecular flexibility index (Phi) is 4.33. The normalized spacial score (nSPS) is 18.9. The maximum Gasteiger partial charge on any atom is 0.257 e. The molecule has 2 heterocycles. The van der Waals surface area contributed by atoms with Crippen molar-refractivity contribution in [1.82, 2.24) is 20.0 Å². The lowest BCUT2D eigenvalue weighted by Gasteiger charge is -2.35. The molecule has 0 bridgehead atoms. The van der Waals surface area contributed by atoms with Crippen LogP contribution in [0, 0.1) is 5.92 Å². The number of H-pyrrole nitrogens is 1. The standard InChI is InChI=1S/C12H21N5O/c1-10(6-13)9-16-2-4-17(5-3-16)12(18)11-7-14-15-8-11/h7-8,10H,2-6,9,13H2,1H3,(H,14,15). The zero-order valence-corrected chi connectivity index (χ0v) is 10.8. The lowest BCUT2D eigenvalue weighted by atomic mass is 10.1. The number of nitrogens with one attached hydrogen (secondary N) is 1. The third-order valence-electron chi connectivity index (χ3n) is 3.38. The zero-order chi connectivity index (χ0) is 13.0. The largest absolute Gasteiger partial charge is 0.336 e. The number of aromatic amines is 1. The van der Waals surface area contributed by atoms with E-state index in [2.05, 4.69) is 22.0 Å². The Hall–Kier alpha value is -1.40. The fourth-order valence-corrected chi connectivity index (χ4v) is 2.20. The van der Waals surface area contributed by atoms with Crippen molar-refractivity contribution in [1.29, 1.82) is 0 Å². The SMILES string of the molecule is CC(CN)CN1CCN(C(=O)c2cn[nH]c2)CC1. The molecular formula is C12H21N5O. The zero-order valence-electron chi connectivity index (χ0n) is 10.8. The van der Waals surface area contributed by atoms with Crippen molar-refractivity contribution in [2.45, 2.75) is 6.92 Å². The molecule has 3 N–H and O–H groups in total. The number of hydrogen-bond acceptors (Lipinski definition) is 4. The number of nitrogens with two attached hydrogens (primary N) is 1. The third kappa shape index (κ3) is 3.08. The van der Waals surface area contributed by atoms with Crippen molar-refractivity contribution in [3.05, 3.63) is 18.0 Å². The second kappa shape index (κ2) is 5.97. The summed E-state index contributed by atoms with van der Waals surface area (Å²) in [6, 6.07) is 0. The molecule has 1 aliphatic heterocycles. The van der Waals surface area contributed by atoms with Gasteiger partial charge in [0.05, 0.1) is 11.8 Å². The molecule has 0 saturated carbocycles. The third-order valence-corrected chi connectivity index (χ3v) is 3.38. The van der Waals surface area contributed by atoms with E-state index in [1.165, 1.54) is 0 Å². The van der Waals surface area contributed by atoms with E-state index in [9.17, 15) is 4.79 Å². The summed E-state index contributed by atoms with van der Waals surface area (Å²) >= 11 is 0. The van der Waals surface area contributed by atoms with Crippen LogP contribution in [0.3, 0.4) is 0 Å². The van der Waals surface area contributed by atoms with E-state index in [1.807, 2.05) is 4.90 Å². The molecule has 1 fully saturated rings. The number of carbonyl (C=O) groups excluding carboxylic acids is 1. The molecule has 1 atom stereocenters. The molecular weight excluding hydrogens is 230 g/mol. The van der Waals surface area contributed by atoms with Crippen molar-refractivity contribution < 1.29 is 4.79 Å². The molecule has 2 rings (SSSR count). The number of amides is 1. The van der Waals surface area contributed by atoms with Gasteiger partial charge in [-0.1, -0.05) is 6.92 Å². The van der Waals surface area contributed by atoms with Crippen LogP contribution in [0.5, 0.6) is 0 Å². The van der Waals surface area contributed by atoms with Crippen LogP contribution in [0.4, 0.5) is 0 Å². The molecule has 1 saturated heterocycles. The van der Waals surface area contributed by atoms with Crippen LogP contribution in [0.2, 0.25) is 0 Å². The Balaban J connectivity index is 1.81. The fourth-order valence-electron chi connectivity index (χ4n) is 2.20. The van der Waals surface area contributed by atoms with Crippen molar-refractivity contribution >= 4 is 5.91 Å². The van der Waals surface area contributed by atoms with Gasteiger partial charge in [0.2, 0.25) is 0 Å². The summed E-state index contributed by atoms with van der Waals surface area (Å²) in [6.07, 6.45) is 3.22. The van der Waals surface area contributed by atoms with Crippen LogP contribution >= 0.6 is 0 Å². The maximum atomic E-state index is 12.1. The van der Waals surface area contributed by atoms with Crippen LogP contribution < -0.4 is 5.73 Å². The summed E-state index contributed by atoms with van der Waals surface area (Å²) in [4.78, 5) is 16.3. The van der Waals surface area contributed by atoms with Crippen LogP contribution in [0.1, 0.15) is 17.3 Å². The molecule has 6 nitrogen and oxygen atoms in total. The van der Waals surface area contributed by atoms with Crippen LogP contribution in [0.15, 0.2) is 12.4 Å². The predicted molar refractivity (Wildman–Crippen MR) is 69.1 cm³/mol. The first-order valence-electron chi connectivity index (χ1n) is 6.41. The van der Waals surface area contributed by atoms with Gasteiger partial charge in [-0.05, 0) is 12.5 Å². The highest BCUT2D eigenvalue weighted by Crippen LogP contribution is 2.08. The Labute approximate surface area is 107 Å². The van der Waals surface area contributed by atoms with E-state index in [0.717, 1.165) is 32.7 Å². The lowest BCUT2D eigenvalue weighted by Crippen LogP contribution is -2.50. The minimum absolute atomic E-state index is 0.0651. The van der Waals surface area contributed by atoms with E-state index >= 15 is 0 Å². The number of rotatable bonds is 4. The summed E-state index contributed by atoms with van der Waals surface area (Å²) in [5.74, 6) is 0.580. The number of nitrogens with zero attached hydrogens (tertiary/aromatic N) is 3. The van der Waals surface area contributed by atoms with E-state index < -0.39 is 0 Å². The first kappa shape index (κ1) is 13.0. The quantitative estimate of drug-likeness (QED) is 0.774. The number of piperazine rings is 1. The van der Waals surface area contributed by atoms with E-state index in [1.54, 1.807) is 12.4 Å². The minimum Gasteiger partial charge on any atom is -0.336 e. The summed E-state index contributed by atoms with van der Waals surface area (Å²) in [5, 5.41) is 6.48. The average Bonchev–Trinajstić information content (AvgIpc) is 2.92. The van der Waals surface area contributed by atoms with Crippen molar-refractivity contribution in [2.75, 3.05) is 39.3 Å². The second-order valence-corrected chi connectivity index (χ2v) is 4.92. The van der Waals surface area contributed by atoms with E-state index in [4.69, 9.17) is 5.73 Å². The van der Waals surface area contributed by atoms with Gasteiger partial charge in [-0.3, -0.25) is 14.8 Å². The molecule has 0 radical (unpaired) electrons. The van der Waals surface area contributed by atoms with Gasteiger partial charge in [0.25, 0.3) is 5.91 Å². The summed E-state index contributed by atoms with van der Waals surface area (Å²) in [5.41, 5.74) is 6.27. The molecule has 1 unspecified atom stereocenters. The number of hydrogen-bond donors (Lipinski definition) is 2. The average molecular weight is 251 g/mol. The van der Waals surface area contributed by atoms with E-state index in [-0.39, 0.29) is 5.91 Å². The van der Waals surface area contributed by atoms with E-state index in [0.29, 0.717) is 18.0 Å². The molecule has 1 aromatic heterocycles. The predicted octanol–water partition coefficient (Wildman–Crippen LogP) is -0.238. The van der Waals surface area contributed by atoms with Gasteiger partial charge < -0.3 is 10.6 Å². The first-order chi connectivity index (χ1) is 8.70. The molecule has 0 aliphatic carbocycles. The molecule has 0 aromatic carbocycles. The minimum atomic E-state index is 0.0651. The van der Waals surface area contributed by atoms with Crippen LogP contribution in [-0.2, 0) is 0 Å². The maximum absolute atomic E-state index is 12.1. The highest BCUT2D eigenvalue weighted by atomic mass is 16.2. The van der Waals surface area contributed by atoms with Gasteiger partial charge in [0, 0.05) is 38.9 Å². The summed E-state index contributed by atoms with van der Waals surface area (Å²) in [6.45, 7) is 7.30. The van der Waals surface area contributed by atoms with Crippen LogP contribution in [0.25, 0.3) is 0 Å². The summed E-state index contributed by atoms with van der Waals surface area (Å²) < 4.78 is 0. The molecule has 1 aliphatic rings. The Morgan fingerprint density at radius 2 is 2.22 bits per heavy atom. The highest BCUT2D eigenvalue weighted by molar-refractivity contribution is 5.93. The number of aromatic nitrogens is 2. The van der Waals surface area contributed by atoms with Crippen molar-refractivity contribution in [2.24, 2.45) is 11.7 Å². The molecule has 100 valence electrons. The Bertz CT molecular complexity index is 370. The van der Waals surface area contributed by atoms with Gasteiger partial charge in [-0.2, -0.15) is 5.10 Å². The van der Waals surface area contributed by atoms with Gasteiger partial charge in [0.1, 0.15) is 0 Å². The second-order valence-electron chi connectivity index (χ2n) is 4.92. The van der Waals surface area contributed by atoms with Gasteiger partial charge in [0.15, 0.2) is 0 Å². The topological polar surface area (TPSA) is 78.2 Å². The molecule has 18 heavy (non-hydrogen) atoms. The number of carbonyl (C=O) groups is 1.